The number of nitrogens with zero attached hydrogens (tertiary/aromatic N) is 2. The SMILES string of the molecule is C=C/C=C(\C=C)C(C)(C)\C(=C/C=C(/C=C/C1=[N+](CCCS)c2ccccc2C1(C)C)c1ccc(C(=C)C)cn1)NCCCSC. The average molecular weight is 639 g/mol. The number of hydrogen-bond donors (Lipinski definition) is 2. The normalized spacial score (nSPS) is 15.4. The molecule has 1 N–H and O–H groups in total. The molecule has 45 heavy (non-hydrogen) atoms. The van der Waals surface area contributed by atoms with Crippen molar-refractivity contribution in [3.8, 4) is 0 Å². The van der Waals surface area contributed by atoms with Gasteiger partial charge in [-0.1, -0.05) is 82.2 Å². The van der Waals surface area contributed by atoms with E-state index in [0.29, 0.717) is 0 Å². The van der Waals surface area contributed by atoms with E-state index < -0.39 is 0 Å². The van der Waals surface area contributed by atoms with Gasteiger partial charge in [-0.3, -0.25) is 4.98 Å². The van der Waals surface area contributed by atoms with Gasteiger partial charge in [0.25, 0.3) is 0 Å². The molecule has 0 radical (unpaired) electrons. The van der Waals surface area contributed by atoms with Gasteiger partial charge < -0.3 is 5.32 Å². The highest BCUT2D eigenvalue weighted by molar-refractivity contribution is 7.98. The van der Waals surface area contributed by atoms with E-state index in [1.807, 2.05) is 43.1 Å². The van der Waals surface area contributed by atoms with Gasteiger partial charge in [-0.15, -0.1) is 0 Å². The molecule has 0 amide bonds. The van der Waals surface area contributed by atoms with E-state index in [9.17, 15) is 0 Å². The molecule has 0 bridgehead atoms. The van der Waals surface area contributed by atoms with Gasteiger partial charge in [0.2, 0.25) is 5.69 Å². The maximum absolute atomic E-state index is 4.89. The third kappa shape index (κ3) is 8.92. The fourth-order valence-corrected chi connectivity index (χ4v) is 6.31. The predicted molar refractivity (Wildman–Crippen MR) is 205 cm³/mol. The maximum atomic E-state index is 4.89. The Morgan fingerprint density at radius 1 is 1.09 bits per heavy atom. The van der Waals surface area contributed by atoms with Crippen LogP contribution in [0.15, 0.2) is 116 Å². The van der Waals surface area contributed by atoms with Crippen LogP contribution in [0.1, 0.15) is 64.3 Å². The van der Waals surface area contributed by atoms with Crippen LogP contribution in [0.2, 0.25) is 0 Å². The lowest BCUT2D eigenvalue weighted by Crippen LogP contribution is -2.29. The van der Waals surface area contributed by atoms with Crippen molar-refractivity contribution in [3.63, 3.8) is 0 Å². The molecule has 0 unspecified atom stereocenters. The molecule has 0 fully saturated rings. The zero-order valence-electron chi connectivity index (χ0n) is 28.2. The van der Waals surface area contributed by atoms with Gasteiger partial charge >= 0.3 is 0 Å². The fraction of sp³-hybridized carbons (Fsp3) is 0.350. The lowest BCUT2D eigenvalue weighted by molar-refractivity contribution is -0.437. The number of hydrogen-bond acceptors (Lipinski definition) is 4. The van der Waals surface area contributed by atoms with E-state index in [1.54, 1.807) is 0 Å². The second-order valence-electron chi connectivity index (χ2n) is 12.5. The topological polar surface area (TPSA) is 27.9 Å². The molecule has 0 spiro atoms. The molecule has 1 aliphatic rings. The number of aromatic nitrogens is 1. The molecule has 0 atom stereocenters. The fourth-order valence-electron chi connectivity index (χ4n) is 5.74. The van der Waals surface area contributed by atoms with Crippen LogP contribution in [-0.4, -0.2) is 46.1 Å². The van der Waals surface area contributed by atoms with Gasteiger partial charge in [-0.25, -0.2) is 0 Å². The van der Waals surface area contributed by atoms with Crippen LogP contribution in [0, 0.1) is 5.41 Å². The summed E-state index contributed by atoms with van der Waals surface area (Å²) in [6, 6.07) is 13.0. The van der Waals surface area contributed by atoms with E-state index in [1.165, 1.54) is 17.0 Å². The Kier molecular flexibility index (Phi) is 13.6. The molecular formula is C40H52N3S2+. The minimum absolute atomic E-state index is 0.137. The molecule has 0 aliphatic carbocycles. The molecule has 1 aromatic heterocycles. The van der Waals surface area contributed by atoms with Crippen molar-refractivity contribution < 1.29 is 4.58 Å². The Morgan fingerprint density at radius 2 is 1.84 bits per heavy atom. The van der Waals surface area contributed by atoms with Crippen molar-refractivity contribution in [2.45, 2.75) is 52.9 Å². The van der Waals surface area contributed by atoms with Gasteiger partial charge in [0.1, 0.15) is 6.54 Å². The summed E-state index contributed by atoms with van der Waals surface area (Å²) in [4.78, 5) is 4.89. The highest BCUT2D eigenvalue weighted by atomic mass is 32.2. The monoisotopic (exact) mass is 638 g/mol. The molecule has 2 heterocycles. The van der Waals surface area contributed by atoms with Crippen molar-refractivity contribution in [3.05, 3.63) is 133 Å². The molecular weight excluding hydrogens is 587 g/mol. The smallest absolute Gasteiger partial charge is 0.209 e. The first-order valence-corrected chi connectivity index (χ1v) is 17.8. The Labute approximate surface area is 282 Å². The van der Waals surface area contributed by atoms with Crippen molar-refractivity contribution in [2.24, 2.45) is 5.41 Å². The third-order valence-electron chi connectivity index (χ3n) is 8.49. The Balaban J connectivity index is 2.20. The first kappa shape index (κ1) is 36.2. The van der Waals surface area contributed by atoms with E-state index in [-0.39, 0.29) is 10.8 Å². The molecule has 0 saturated carbocycles. The number of para-hydroxylation sites is 1. The molecule has 3 rings (SSSR count). The first-order valence-electron chi connectivity index (χ1n) is 15.8. The van der Waals surface area contributed by atoms with Crippen molar-refractivity contribution >= 4 is 46.9 Å². The summed E-state index contributed by atoms with van der Waals surface area (Å²) in [5, 5.41) is 3.75. The van der Waals surface area contributed by atoms with Crippen LogP contribution in [0.4, 0.5) is 5.69 Å². The second kappa shape index (κ2) is 16.9. The zero-order chi connectivity index (χ0) is 33.0. The average Bonchev–Trinajstić information content (AvgIpc) is 3.24. The van der Waals surface area contributed by atoms with Crippen LogP contribution in [-0.2, 0) is 5.41 Å². The molecule has 238 valence electrons. The van der Waals surface area contributed by atoms with Gasteiger partial charge in [0, 0.05) is 53.6 Å². The highest BCUT2D eigenvalue weighted by Crippen LogP contribution is 2.40. The predicted octanol–water partition coefficient (Wildman–Crippen LogP) is 10.0. The second-order valence-corrected chi connectivity index (χ2v) is 13.9. The molecule has 5 heteroatoms. The number of pyridine rings is 1. The quantitative estimate of drug-likeness (QED) is 0.0782. The minimum Gasteiger partial charge on any atom is -0.388 e. The highest BCUT2D eigenvalue weighted by Gasteiger charge is 2.43. The van der Waals surface area contributed by atoms with Crippen molar-refractivity contribution in [1.82, 2.24) is 10.3 Å². The zero-order valence-corrected chi connectivity index (χ0v) is 29.9. The first-order chi connectivity index (χ1) is 21.5. The van der Waals surface area contributed by atoms with Crippen molar-refractivity contribution in [1.29, 1.82) is 0 Å². The van der Waals surface area contributed by atoms with E-state index in [0.717, 1.165) is 71.1 Å². The Morgan fingerprint density at radius 3 is 2.47 bits per heavy atom. The van der Waals surface area contributed by atoms with Gasteiger partial charge in [0.15, 0.2) is 5.71 Å². The Hall–Kier alpha value is -3.28. The molecule has 1 aliphatic heterocycles. The van der Waals surface area contributed by atoms with Crippen LogP contribution in [0.5, 0.6) is 0 Å². The minimum atomic E-state index is -0.300. The van der Waals surface area contributed by atoms with E-state index in [2.05, 4.69) is 137 Å². The van der Waals surface area contributed by atoms with Crippen LogP contribution in [0.3, 0.4) is 0 Å². The molecule has 2 aromatic rings. The number of allylic oxidation sites excluding steroid dienone is 10. The number of fused-ring (bicyclic) bond motifs is 1. The molecule has 1 aromatic carbocycles. The lowest BCUT2D eigenvalue weighted by Gasteiger charge is -2.30. The van der Waals surface area contributed by atoms with Crippen LogP contribution >= 0.6 is 24.4 Å². The number of rotatable bonds is 17. The molecule has 3 nitrogen and oxygen atoms in total. The summed E-state index contributed by atoms with van der Waals surface area (Å²) < 4.78 is 2.46. The summed E-state index contributed by atoms with van der Waals surface area (Å²) in [6.07, 6.45) is 20.9. The Bertz CT molecular complexity index is 1510. The van der Waals surface area contributed by atoms with E-state index >= 15 is 0 Å². The number of nitrogens with one attached hydrogen (secondary N) is 1. The molecule has 0 saturated heterocycles. The number of thioether (sulfide) groups is 1. The largest absolute Gasteiger partial charge is 0.388 e. The van der Waals surface area contributed by atoms with Gasteiger partial charge in [0.05, 0.1) is 11.1 Å². The summed E-state index contributed by atoms with van der Waals surface area (Å²) in [5.74, 6) is 1.96. The van der Waals surface area contributed by atoms with Crippen LogP contribution < -0.4 is 5.32 Å². The summed E-state index contributed by atoms with van der Waals surface area (Å²) >= 11 is 6.40. The van der Waals surface area contributed by atoms with E-state index in [4.69, 9.17) is 4.98 Å². The third-order valence-corrected chi connectivity index (χ3v) is 9.51. The van der Waals surface area contributed by atoms with Gasteiger partial charge in [-0.05, 0) is 79.9 Å². The summed E-state index contributed by atoms with van der Waals surface area (Å²) in [6.45, 7) is 25.1. The summed E-state index contributed by atoms with van der Waals surface area (Å²) in [5.41, 5.74) is 9.68. The standard InChI is InChI=1S/C40H51N3S2/c1-10-16-33(11-2)39(5,6)37(41-25-14-28-45-9)23-20-31(35-22-19-32(29-42-35)30(3)4)21-24-38-40(7,8)34-17-12-13-18-36(34)43(38)26-15-27-44/h10-13,16-24,29,44H,1-3,14-15,25-28H2,4-9H3/p+1/b33-16+. The lowest BCUT2D eigenvalue weighted by atomic mass is 9.80. The van der Waals surface area contributed by atoms with Crippen molar-refractivity contribution in [2.75, 3.05) is 30.9 Å². The maximum Gasteiger partial charge on any atom is 0.209 e. The number of benzene rings is 1. The van der Waals surface area contributed by atoms with Gasteiger partial charge in [-0.2, -0.15) is 29.0 Å². The van der Waals surface area contributed by atoms with Crippen LogP contribution in [0.25, 0.3) is 11.1 Å². The number of thiol groups is 1. The summed E-state index contributed by atoms with van der Waals surface area (Å²) in [7, 11) is 0.